The Morgan fingerprint density at radius 2 is 2.00 bits per heavy atom. The summed E-state index contributed by atoms with van der Waals surface area (Å²) in [6.07, 6.45) is 2.00. The lowest BCUT2D eigenvalue weighted by molar-refractivity contribution is -0.117. The van der Waals surface area contributed by atoms with Gasteiger partial charge in [0.25, 0.3) is 0 Å². The molecule has 0 spiro atoms. The maximum Gasteiger partial charge on any atom is 0.238 e. The van der Waals surface area contributed by atoms with Crippen molar-refractivity contribution >= 4 is 23.4 Å². The number of ether oxygens (including phenoxy) is 2. The highest BCUT2D eigenvalue weighted by Crippen LogP contribution is 2.32. The van der Waals surface area contributed by atoms with Crippen molar-refractivity contribution in [2.75, 3.05) is 32.0 Å². The Morgan fingerprint density at radius 1 is 1.21 bits per heavy atom. The molecule has 1 N–H and O–H groups in total. The number of fused-ring (bicyclic) bond motifs is 1. The first kappa shape index (κ1) is 16.7. The number of likely N-dealkylation sites (N-methyl/N-ethyl adjacent to an activating group) is 1. The second-order valence-corrected chi connectivity index (χ2v) is 6.46. The van der Waals surface area contributed by atoms with Crippen LogP contribution in [0.5, 0.6) is 11.5 Å². The van der Waals surface area contributed by atoms with Gasteiger partial charge in [-0.25, -0.2) is 0 Å². The quantitative estimate of drug-likeness (QED) is 0.816. The summed E-state index contributed by atoms with van der Waals surface area (Å²) in [6, 6.07) is 13.7. The number of carbonyl (C=O) groups excluding carboxylic acids is 1. The number of para-hydroxylation sites is 1. The van der Waals surface area contributed by atoms with Gasteiger partial charge in [0, 0.05) is 11.4 Å². The SMILES string of the molecule is CSc1ccccc1NC(=O)CN(C)Cc1ccc2c(c1)OCO2. The summed E-state index contributed by atoms with van der Waals surface area (Å²) in [7, 11) is 1.92. The van der Waals surface area contributed by atoms with Gasteiger partial charge < -0.3 is 14.8 Å². The zero-order valence-corrected chi connectivity index (χ0v) is 14.6. The molecule has 2 aromatic carbocycles. The largest absolute Gasteiger partial charge is 0.454 e. The number of amides is 1. The van der Waals surface area contributed by atoms with Crippen LogP contribution in [0.25, 0.3) is 0 Å². The summed E-state index contributed by atoms with van der Waals surface area (Å²) in [4.78, 5) is 15.3. The highest BCUT2D eigenvalue weighted by molar-refractivity contribution is 7.98. The third-order valence-corrected chi connectivity index (χ3v) is 4.48. The maximum atomic E-state index is 12.3. The van der Waals surface area contributed by atoms with Crippen molar-refractivity contribution in [1.82, 2.24) is 4.90 Å². The molecule has 1 amide bonds. The van der Waals surface area contributed by atoms with E-state index in [0.717, 1.165) is 27.6 Å². The van der Waals surface area contributed by atoms with Gasteiger partial charge in [0.15, 0.2) is 11.5 Å². The number of benzene rings is 2. The molecule has 6 heteroatoms. The molecule has 0 aromatic heterocycles. The number of carbonyl (C=O) groups is 1. The zero-order chi connectivity index (χ0) is 16.9. The predicted octanol–water partition coefficient (Wildman–Crippen LogP) is 3.21. The third kappa shape index (κ3) is 4.01. The number of hydrogen-bond donors (Lipinski definition) is 1. The molecule has 24 heavy (non-hydrogen) atoms. The van der Waals surface area contributed by atoms with Gasteiger partial charge in [-0.3, -0.25) is 9.69 Å². The minimum atomic E-state index is -0.0280. The fraction of sp³-hybridized carbons (Fsp3) is 0.278. The Hall–Kier alpha value is -2.18. The summed E-state index contributed by atoms with van der Waals surface area (Å²) >= 11 is 1.62. The molecule has 0 saturated carbocycles. The van der Waals surface area contributed by atoms with E-state index in [9.17, 15) is 4.79 Å². The van der Waals surface area contributed by atoms with Crippen molar-refractivity contribution in [1.29, 1.82) is 0 Å². The molecule has 0 bridgehead atoms. The van der Waals surface area contributed by atoms with Crippen LogP contribution < -0.4 is 14.8 Å². The van der Waals surface area contributed by atoms with Crippen molar-refractivity contribution in [2.45, 2.75) is 11.4 Å². The second-order valence-electron chi connectivity index (χ2n) is 5.61. The first-order valence-corrected chi connectivity index (χ1v) is 8.88. The summed E-state index contributed by atoms with van der Waals surface area (Å²) < 4.78 is 10.7. The summed E-state index contributed by atoms with van der Waals surface area (Å²) in [5, 5.41) is 2.97. The molecule has 1 heterocycles. The number of nitrogens with one attached hydrogen (secondary N) is 1. The molecule has 5 nitrogen and oxygen atoms in total. The molecule has 126 valence electrons. The summed E-state index contributed by atoms with van der Waals surface area (Å²) in [5.74, 6) is 1.51. The maximum absolute atomic E-state index is 12.3. The van der Waals surface area contributed by atoms with E-state index >= 15 is 0 Å². The Kier molecular flexibility index (Phi) is 5.27. The first-order chi connectivity index (χ1) is 11.7. The standard InChI is InChI=1S/C18H20N2O3S/c1-20(10-13-7-8-15-16(9-13)23-12-22-15)11-18(21)19-14-5-3-4-6-17(14)24-2/h3-9H,10-12H2,1-2H3,(H,19,21). The van der Waals surface area contributed by atoms with Crippen molar-refractivity contribution in [3.05, 3.63) is 48.0 Å². The van der Waals surface area contributed by atoms with E-state index in [1.54, 1.807) is 11.8 Å². The fourth-order valence-corrected chi connectivity index (χ4v) is 3.14. The van der Waals surface area contributed by atoms with E-state index in [4.69, 9.17) is 9.47 Å². The Balaban J connectivity index is 1.56. The number of rotatable bonds is 6. The van der Waals surface area contributed by atoms with Crippen LogP contribution in [-0.2, 0) is 11.3 Å². The van der Waals surface area contributed by atoms with E-state index < -0.39 is 0 Å². The molecular formula is C18H20N2O3S. The molecule has 0 saturated heterocycles. The van der Waals surface area contributed by atoms with Gasteiger partial charge in [0.05, 0.1) is 12.2 Å². The summed E-state index contributed by atoms with van der Waals surface area (Å²) in [6.45, 7) is 1.25. The van der Waals surface area contributed by atoms with Crippen LogP contribution >= 0.6 is 11.8 Å². The van der Waals surface area contributed by atoms with Gasteiger partial charge >= 0.3 is 0 Å². The van der Waals surface area contributed by atoms with Crippen molar-refractivity contribution in [3.63, 3.8) is 0 Å². The van der Waals surface area contributed by atoms with Crippen molar-refractivity contribution in [2.24, 2.45) is 0 Å². The fourth-order valence-electron chi connectivity index (χ4n) is 2.59. The lowest BCUT2D eigenvalue weighted by atomic mass is 10.2. The van der Waals surface area contributed by atoms with Crippen LogP contribution in [0.1, 0.15) is 5.56 Å². The van der Waals surface area contributed by atoms with Crippen LogP contribution in [0.4, 0.5) is 5.69 Å². The highest BCUT2D eigenvalue weighted by atomic mass is 32.2. The number of nitrogens with zero attached hydrogens (tertiary/aromatic N) is 1. The zero-order valence-electron chi connectivity index (χ0n) is 13.7. The van der Waals surface area contributed by atoms with Crippen molar-refractivity contribution < 1.29 is 14.3 Å². The number of anilines is 1. The number of thioether (sulfide) groups is 1. The van der Waals surface area contributed by atoms with Crippen LogP contribution in [0.2, 0.25) is 0 Å². The second kappa shape index (κ2) is 7.59. The van der Waals surface area contributed by atoms with Crippen LogP contribution in [0.3, 0.4) is 0 Å². The molecule has 1 aliphatic rings. The van der Waals surface area contributed by atoms with Crippen LogP contribution in [-0.4, -0.2) is 37.4 Å². The smallest absolute Gasteiger partial charge is 0.238 e. The van der Waals surface area contributed by atoms with Crippen molar-refractivity contribution in [3.8, 4) is 11.5 Å². The molecular weight excluding hydrogens is 324 g/mol. The van der Waals surface area contributed by atoms with E-state index in [0.29, 0.717) is 13.1 Å². The average molecular weight is 344 g/mol. The first-order valence-electron chi connectivity index (χ1n) is 7.65. The third-order valence-electron chi connectivity index (χ3n) is 3.68. The molecule has 3 rings (SSSR count). The predicted molar refractivity (Wildman–Crippen MR) is 95.8 cm³/mol. The molecule has 0 atom stereocenters. The van der Waals surface area contributed by atoms with Gasteiger partial charge in [0.2, 0.25) is 12.7 Å². The number of hydrogen-bond acceptors (Lipinski definition) is 5. The highest BCUT2D eigenvalue weighted by Gasteiger charge is 2.15. The molecule has 2 aromatic rings. The minimum Gasteiger partial charge on any atom is -0.454 e. The van der Waals surface area contributed by atoms with E-state index in [1.165, 1.54) is 0 Å². The summed E-state index contributed by atoms with van der Waals surface area (Å²) in [5.41, 5.74) is 1.94. The van der Waals surface area contributed by atoms with E-state index in [2.05, 4.69) is 5.32 Å². The van der Waals surface area contributed by atoms with E-state index in [1.807, 2.05) is 60.7 Å². The Bertz CT molecular complexity index is 736. The normalized spacial score (nSPS) is 12.5. The minimum absolute atomic E-state index is 0.0280. The molecule has 1 aliphatic heterocycles. The average Bonchev–Trinajstić information content (AvgIpc) is 3.02. The van der Waals surface area contributed by atoms with Gasteiger partial charge in [-0.2, -0.15) is 0 Å². The van der Waals surface area contributed by atoms with Gasteiger partial charge in [-0.15, -0.1) is 11.8 Å². The molecule has 0 aliphatic carbocycles. The van der Waals surface area contributed by atoms with Gasteiger partial charge in [-0.05, 0) is 43.1 Å². The topological polar surface area (TPSA) is 50.8 Å². The Labute approximate surface area is 145 Å². The molecule has 0 radical (unpaired) electrons. The molecule has 0 fully saturated rings. The Morgan fingerprint density at radius 3 is 2.83 bits per heavy atom. The lowest BCUT2D eigenvalue weighted by Gasteiger charge is -2.17. The van der Waals surface area contributed by atoms with E-state index in [-0.39, 0.29) is 12.7 Å². The van der Waals surface area contributed by atoms with Crippen LogP contribution in [0.15, 0.2) is 47.4 Å². The monoisotopic (exact) mass is 344 g/mol. The van der Waals surface area contributed by atoms with Gasteiger partial charge in [0.1, 0.15) is 0 Å². The van der Waals surface area contributed by atoms with Crippen LogP contribution in [0, 0.1) is 0 Å². The van der Waals surface area contributed by atoms with Gasteiger partial charge in [-0.1, -0.05) is 18.2 Å². The lowest BCUT2D eigenvalue weighted by Crippen LogP contribution is -2.29. The molecule has 0 unspecified atom stereocenters.